The highest BCUT2D eigenvalue weighted by molar-refractivity contribution is 7.98. The molecule has 0 rings (SSSR count). The third kappa shape index (κ3) is 7.25. The molecule has 0 heterocycles. The number of amides is 2. The summed E-state index contributed by atoms with van der Waals surface area (Å²) in [7, 11) is -4.39. The van der Waals surface area contributed by atoms with Gasteiger partial charge in [0.05, 0.1) is 6.04 Å². The second kappa shape index (κ2) is 8.63. The van der Waals surface area contributed by atoms with E-state index in [0.29, 0.717) is 6.42 Å². The van der Waals surface area contributed by atoms with Crippen molar-refractivity contribution < 1.29 is 23.9 Å². The Morgan fingerprint density at radius 1 is 1.25 bits per heavy atom. The van der Waals surface area contributed by atoms with Crippen LogP contribution in [0.2, 0.25) is 0 Å². The van der Waals surface area contributed by atoms with Crippen LogP contribution >= 0.6 is 19.4 Å². The van der Waals surface area contributed by atoms with Crippen LogP contribution in [0.25, 0.3) is 0 Å². The number of thioether (sulfide) groups is 1. The highest BCUT2D eigenvalue weighted by atomic mass is 32.2. The molecule has 0 aromatic carbocycles. The molecule has 0 saturated carbocycles. The van der Waals surface area contributed by atoms with Crippen LogP contribution < -0.4 is 16.4 Å². The molecule has 0 aliphatic carbocycles. The Morgan fingerprint density at radius 3 is 2.25 bits per heavy atom. The van der Waals surface area contributed by atoms with Crippen LogP contribution in [0, 0.1) is 0 Å². The first kappa shape index (κ1) is 19.4. The van der Waals surface area contributed by atoms with Gasteiger partial charge in [-0.05, 0) is 32.3 Å². The molecule has 1 unspecified atom stereocenters. The van der Waals surface area contributed by atoms with Gasteiger partial charge in [-0.3, -0.25) is 14.2 Å². The lowest BCUT2D eigenvalue weighted by Gasteiger charge is -2.20. The van der Waals surface area contributed by atoms with E-state index < -0.39 is 37.3 Å². The maximum atomic E-state index is 11.7. The summed E-state index contributed by atoms with van der Waals surface area (Å²) in [6.07, 6.45) is 2.38. The van der Waals surface area contributed by atoms with Crippen molar-refractivity contribution in [2.24, 2.45) is 5.73 Å². The lowest BCUT2D eigenvalue weighted by atomic mass is 10.2. The Bertz CT molecular complexity index is 389. The second-order valence-corrected chi connectivity index (χ2v) is 7.33. The summed E-state index contributed by atoms with van der Waals surface area (Å²) in [4.78, 5) is 41.1. The standard InChI is InChI=1S/C10H22N3O5PS/c1-6(9(14)13-7(2)19(16,17)18)12-10(15)8(11)4-5-20-3/h6-8H,4-5,11H2,1-3H3,(H,12,15)(H,13,14)(H2,16,17,18)/t6-,7?,8-/m0/s1. The minimum absolute atomic E-state index is 0.467. The van der Waals surface area contributed by atoms with Crippen molar-refractivity contribution in [1.29, 1.82) is 0 Å². The Kier molecular flexibility index (Phi) is 8.38. The Morgan fingerprint density at radius 2 is 1.80 bits per heavy atom. The fourth-order valence-electron chi connectivity index (χ4n) is 1.18. The maximum Gasteiger partial charge on any atom is 0.347 e. The smallest absolute Gasteiger partial charge is 0.343 e. The van der Waals surface area contributed by atoms with Gasteiger partial charge in [0.15, 0.2) is 0 Å². The lowest BCUT2D eigenvalue weighted by Crippen LogP contribution is -2.51. The molecule has 10 heteroatoms. The molecular weight excluding hydrogens is 305 g/mol. The van der Waals surface area contributed by atoms with Crippen LogP contribution in [-0.4, -0.2) is 51.5 Å². The zero-order valence-electron chi connectivity index (χ0n) is 11.7. The van der Waals surface area contributed by atoms with E-state index >= 15 is 0 Å². The topological polar surface area (TPSA) is 142 Å². The number of carbonyl (C=O) groups is 2. The molecule has 0 spiro atoms. The van der Waals surface area contributed by atoms with E-state index in [0.717, 1.165) is 5.75 Å². The van der Waals surface area contributed by atoms with Gasteiger partial charge in [0.2, 0.25) is 11.8 Å². The van der Waals surface area contributed by atoms with Gasteiger partial charge in [-0.2, -0.15) is 11.8 Å². The third-order valence-corrected chi connectivity index (χ3v) is 4.36. The fraction of sp³-hybridized carbons (Fsp3) is 0.800. The van der Waals surface area contributed by atoms with Crippen molar-refractivity contribution in [2.45, 2.75) is 38.1 Å². The Balaban J connectivity index is 4.32. The minimum Gasteiger partial charge on any atom is -0.343 e. The molecule has 0 aliphatic heterocycles. The van der Waals surface area contributed by atoms with Crippen molar-refractivity contribution in [3.05, 3.63) is 0 Å². The van der Waals surface area contributed by atoms with E-state index in [1.165, 1.54) is 13.8 Å². The second-order valence-electron chi connectivity index (χ2n) is 4.39. The fourth-order valence-corrected chi connectivity index (χ4v) is 1.96. The van der Waals surface area contributed by atoms with Gasteiger partial charge < -0.3 is 26.2 Å². The zero-order chi connectivity index (χ0) is 15.9. The normalized spacial score (nSPS) is 16.1. The van der Waals surface area contributed by atoms with E-state index in [9.17, 15) is 14.2 Å². The molecule has 0 saturated heterocycles. The van der Waals surface area contributed by atoms with Gasteiger partial charge in [-0.1, -0.05) is 0 Å². The average molecular weight is 327 g/mol. The van der Waals surface area contributed by atoms with Gasteiger partial charge in [0.1, 0.15) is 11.8 Å². The molecule has 0 bridgehead atoms. The summed E-state index contributed by atoms with van der Waals surface area (Å²) in [6.45, 7) is 2.61. The molecule has 0 radical (unpaired) electrons. The number of nitrogens with one attached hydrogen (secondary N) is 2. The first-order valence-electron chi connectivity index (χ1n) is 6.00. The number of rotatable bonds is 8. The summed E-state index contributed by atoms with van der Waals surface area (Å²) >= 11 is 1.56. The number of hydrogen-bond acceptors (Lipinski definition) is 5. The predicted molar refractivity (Wildman–Crippen MR) is 78.2 cm³/mol. The monoisotopic (exact) mass is 327 g/mol. The van der Waals surface area contributed by atoms with Crippen LogP contribution in [0.15, 0.2) is 0 Å². The van der Waals surface area contributed by atoms with E-state index in [1.54, 1.807) is 11.8 Å². The van der Waals surface area contributed by atoms with Gasteiger partial charge in [-0.15, -0.1) is 0 Å². The average Bonchev–Trinajstić information content (AvgIpc) is 2.34. The molecular formula is C10H22N3O5PS. The maximum absolute atomic E-state index is 11.7. The highest BCUT2D eigenvalue weighted by Gasteiger charge is 2.28. The Hall–Kier alpha value is -0.600. The van der Waals surface area contributed by atoms with Gasteiger partial charge in [0.25, 0.3) is 0 Å². The summed E-state index contributed by atoms with van der Waals surface area (Å²) in [5.41, 5.74) is 5.64. The molecule has 0 aromatic rings. The number of hydrogen-bond donors (Lipinski definition) is 5. The number of nitrogens with two attached hydrogens (primary N) is 1. The Labute approximate surface area is 122 Å². The third-order valence-electron chi connectivity index (χ3n) is 2.58. The highest BCUT2D eigenvalue weighted by Crippen LogP contribution is 2.38. The van der Waals surface area contributed by atoms with Crippen LogP contribution in [0.1, 0.15) is 20.3 Å². The van der Waals surface area contributed by atoms with E-state index in [4.69, 9.17) is 15.5 Å². The van der Waals surface area contributed by atoms with Gasteiger partial charge >= 0.3 is 7.60 Å². The molecule has 3 atom stereocenters. The molecule has 2 amide bonds. The summed E-state index contributed by atoms with van der Waals surface area (Å²) in [5.74, 6) is -1.72. The minimum atomic E-state index is -4.39. The van der Waals surface area contributed by atoms with Crippen LogP contribution in [0.4, 0.5) is 0 Å². The molecule has 6 N–H and O–H groups in total. The van der Waals surface area contributed by atoms with Crippen molar-refractivity contribution in [3.8, 4) is 0 Å². The predicted octanol–water partition coefficient (Wildman–Crippen LogP) is -0.789. The van der Waals surface area contributed by atoms with Crippen LogP contribution in [-0.2, 0) is 14.2 Å². The summed E-state index contributed by atoms with van der Waals surface area (Å²) < 4.78 is 10.9. The SMILES string of the molecule is CSCC[C@H](N)C(=O)N[C@@H](C)C(=O)NC(C)P(=O)(O)O. The summed E-state index contributed by atoms with van der Waals surface area (Å²) in [5, 5.41) is 4.55. The van der Waals surface area contributed by atoms with Crippen molar-refractivity contribution in [1.82, 2.24) is 10.6 Å². The van der Waals surface area contributed by atoms with Gasteiger partial charge in [0, 0.05) is 0 Å². The van der Waals surface area contributed by atoms with E-state index in [2.05, 4.69) is 10.6 Å². The molecule has 20 heavy (non-hydrogen) atoms. The largest absolute Gasteiger partial charge is 0.347 e. The molecule has 0 aliphatic rings. The molecule has 0 aromatic heterocycles. The summed E-state index contributed by atoms with van der Waals surface area (Å²) in [6, 6.07) is -1.63. The quantitative estimate of drug-likeness (QED) is 0.368. The number of carbonyl (C=O) groups excluding carboxylic acids is 2. The van der Waals surface area contributed by atoms with Crippen LogP contribution in [0.3, 0.4) is 0 Å². The van der Waals surface area contributed by atoms with Crippen LogP contribution in [0.5, 0.6) is 0 Å². The van der Waals surface area contributed by atoms with Gasteiger partial charge in [-0.25, -0.2) is 0 Å². The lowest BCUT2D eigenvalue weighted by molar-refractivity contribution is -0.129. The molecule has 118 valence electrons. The molecule has 0 fully saturated rings. The van der Waals surface area contributed by atoms with Crippen molar-refractivity contribution in [2.75, 3.05) is 12.0 Å². The zero-order valence-corrected chi connectivity index (χ0v) is 13.4. The van der Waals surface area contributed by atoms with Crippen molar-refractivity contribution in [3.63, 3.8) is 0 Å². The molecule has 8 nitrogen and oxygen atoms in total. The first-order valence-corrected chi connectivity index (χ1v) is 9.07. The van der Waals surface area contributed by atoms with Crippen molar-refractivity contribution >= 4 is 31.2 Å². The van der Waals surface area contributed by atoms with E-state index in [1.807, 2.05) is 6.26 Å². The first-order chi connectivity index (χ1) is 9.09. The van der Waals surface area contributed by atoms with E-state index in [-0.39, 0.29) is 0 Å².